The summed E-state index contributed by atoms with van der Waals surface area (Å²) >= 11 is 0. The van der Waals surface area contributed by atoms with E-state index >= 15 is 0 Å². The molecular weight excluding hydrogens is 178 g/mol. The maximum atomic E-state index is 10.9. The fraction of sp³-hybridized carbons (Fsp3) is 0.909. The molecule has 0 aromatic rings. The molecule has 3 nitrogen and oxygen atoms in total. The molecule has 1 atom stereocenters. The lowest BCUT2D eigenvalue weighted by Crippen LogP contribution is -2.31. The van der Waals surface area contributed by atoms with E-state index in [4.69, 9.17) is 5.11 Å². The number of carbonyl (C=O) groups excluding carboxylic acids is 1. The SMILES string of the molecule is CC(=O)CC(C)N(C)CCCCCO. The molecule has 0 heterocycles. The Labute approximate surface area is 87.1 Å². The van der Waals surface area contributed by atoms with E-state index in [2.05, 4.69) is 11.8 Å². The molecule has 0 aliphatic rings. The summed E-state index contributed by atoms with van der Waals surface area (Å²) in [6.45, 7) is 5.00. The van der Waals surface area contributed by atoms with Crippen LogP contribution in [0.5, 0.6) is 0 Å². The summed E-state index contributed by atoms with van der Waals surface area (Å²) in [4.78, 5) is 13.1. The molecule has 0 aromatic carbocycles. The van der Waals surface area contributed by atoms with E-state index in [1.165, 1.54) is 0 Å². The number of hydrogen-bond acceptors (Lipinski definition) is 3. The average Bonchev–Trinajstić information content (AvgIpc) is 2.11. The van der Waals surface area contributed by atoms with Gasteiger partial charge in [-0.3, -0.25) is 4.79 Å². The van der Waals surface area contributed by atoms with Crippen LogP contribution in [0, 0.1) is 0 Å². The first-order valence-electron chi connectivity index (χ1n) is 5.38. The van der Waals surface area contributed by atoms with Crippen LogP contribution >= 0.6 is 0 Å². The standard InChI is InChI=1S/C11H23NO2/c1-10(9-11(2)14)12(3)7-5-4-6-8-13/h10,13H,4-9H2,1-3H3. The van der Waals surface area contributed by atoms with Crippen LogP contribution in [0.2, 0.25) is 0 Å². The highest BCUT2D eigenvalue weighted by atomic mass is 16.2. The lowest BCUT2D eigenvalue weighted by molar-refractivity contribution is -0.118. The molecule has 0 saturated carbocycles. The van der Waals surface area contributed by atoms with Crippen LogP contribution in [-0.2, 0) is 4.79 Å². The van der Waals surface area contributed by atoms with Gasteiger partial charge < -0.3 is 10.0 Å². The summed E-state index contributed by atoms with van der Waals surface area (Å²) in [6.07, 6.45) is 3.68. The smallest absolute Gasteiger partial charge is 0.131 e. The lowest BCUT2D eigenvalue weighted by Gasteiger charge is -2.23. The maximum absolute atomic E-state index is 10.9. The molecule has 0 rings (SSSR count). The molecule has 1 unspecified atom stereocenters. The van der Waals surface area contributed by atoms with Gasteiger partial charge in [0.1, 0.15) is 5.78 Å². The Hall–Kier alpha value is -0.410. The third-order valence-corrected chi connectivity index (χ3v) is 2.50. The van der Waals surface area contributed by atoms with Crippen molar-refractivity contribution in [2.45, 2.75) is 45.6 Å². The van der Waals surface area contributed by atoms with Crippen molar-refractivity contribution in [3.05, 3.63) is 0 Å². The van der Waals surface area contributed by atoms with Gasteiger partial charge in [-0.2, -0.15) is 0 Å². The van der Waals surface area contributed by atoms with Gasteiger partial charge in [-0.15, -0.1) is 0 Å². The van der Waals surface area contributed by atoms with E-state index in [0.717, 1.165) is 25.8 Å². The van der Waals surface area contributed by atoms with Gasteiger partial charge in [0.2, 0.25) is 0 Å². The topological polar surface area (TPSA) is 40.5 Å². The van der Waals surface area contributed by atoms with E-state index in [-0.39, 0.29) is 12.4 Å². The molecule has 84 valence electrons. The van der Waals surface area contributed by atoms with Crippen LogP contribution in [0.3, 0.4) is 0 Å². The van der Waals surface area contributed by atoms with Crippen LogP contribution in [0.25, 0.3) is 0 Å². The number of aliphatic hydroxyl groups is 1. The fourth-order valence-electron chi connectivity index (χ4n) is 1.44. The van der Waals surface area contributed by atoms with Crippen molar-refractivity contribution in [3.63, 3.8) is 0 Å². The molecule has 0 bridgehead atoms. The van der Waals surface area contributed by atoms with Crippen molar-refractivity contribution in [2.24, 2.45) is 0 Å². The number of nitrogens with zero attached hydrogens (tertiary/aromatic N) is 1. The van der Waals surface area contributed by atoms with E-state index < -0.39 is 0 Å². The number of aliphatic hydroxyl groups excluding tert-OH is 1. The van der Waals surface area contributed by atoms with Crippen LogP contribution in [0.15, 0.2) is 0 Å². The Morgan fingerprint density at radius 2 is 2.00 bits per heavy atom. The average molecular weight is 201 g/mol. The second-order valence-electron chi connectivity index (χ2n) is 4.02. The van der Waals surface area contributed by atoms with Crippen molar-refractivity contribution in [3.8, 4) is 0 Å². The quantitative estimate of drug-likeness (QED) is 0.604. The summed E-state index contributed by atoms with van der Waals surface area (Å²) in [7, 11) is 2.05. The Kier molecular flexibility index (Phi) is 7.71. The van der Waals surface area contributed by atoms with E-state index in [9.17, 15) is 4.79 Å². The van der Waals surface area contributed by atoms with Gasteiger partial charge in [0.25, 0.3) is 0 Å². The number of rotatable bonds is 8. The molecule has 14 heavy (non-hydrogen) atoms. The van der Waals surface area contributed by atoms with Gasteiger partial charge in [0.15, 0.2) is 0 Å². The Morgan fingerprint density at radius 1 is 1.36 bits per heavy atom. The van der Waals surface area contributed by atoms with Crippen LogP contribution < -0.4 is 0 Å². The minimum atomic E-state index is 0.250. The predicted molar refractivity (Wildman–Crippen MR) is 58.3 cm³/mol. The third-order valence-electron chi connectivity index (χ3n) is 2.50. The van der Waals surface area contributed by atoms with E-state index in [0.29, 0.717) is 12.5 Å². The molecule has 0 aromatic heterocycles. The Bertz CT molecular complexity index is 159. The third kappa shape index (κ3) is 7.04. The molecule has 0 amide bonds. The van der Waals surface area contributed by atoms with Crippen molar-refractivity contribution < 1.29 is 9.90 Å². The zero-order valence-corrected chi connectivity index (χ0v) is 9.62. The summed E-state index contributed by atoms with van der Waals surface area (Å²) in [5.41, 5.74) is 0. The van der Waals surface area contributed by atoms with Crippen LogP contribution in [0.4, 0.5) is 0 Å². The molecule has 0 saturated heterocycles. The summed E-state index contributed by atoms with van der Waals surface area (Å²) in [5.74, 6) is 0.250. The normalized spacial score (nSPS) is 13.2. The van der Waals surface area contributed by atoms with E-state index in [1.54, 1.807) is 6.92 Å². The van der Waals surface area contributed by atoms with Gasteiger partial charge in [-0.25, -0.2) is 0 Å². The zero-order chi connectivity index (χ0) is 11.0. The van der Waals surface area contributed by atoms with Crippen molar-refractivity contribution >= 4 is 5.78 Å². The Balaban J connectivity index is 3.51. The number of unbranched alkanes of at least 4 members (excludes halogenated alkanes) is 2. The van der Waals surface area contributed by atoms with Crippen LogP contribution in [0.1, 0.15) is 39.5 Å². The van der Waals surface area contributed by atoms with E-state index in [1.807, 2.05) is 7.05 Å². The molecular formula is C11H23NO2. The van der Waals surface area contributed by atoms with Crippen LogP contribution in [-0.4, -0.2) is 42.0 Å². The number of ketones is 1. The Morgan fingerprint density at radius 3 is 2.50 bits per heavy atom. The van der Waals surface area contributed by atoms with Gasteiger partial charge in [-0.1, -0.05) is 0 Å². The summed E-state index contributed by atoms with van der Waals surface area (Å²) in [6, 6.07) is 0.335. The molecule has 3 heteroatoms. The minimum Gasteiger partial charge on any atom is -0.396 e. The molecule has 0 aliphatic heterocycles. The molecule has 0 radical (unpaired) electrons. The summed E-state index contributed by atoms with van der Waals surface area (Å²) < 4.78 is 0. The molecule has 0 spiro atoms. The van der Waals surface area contributed by atoms with Gasteiger partial charge in [0.05, 0.1) is 0 Å². The fourth-order valence-corrected chi connectivity index (χ4v) is 1.44. The second kappa shape index (κ2) is 7.94. The second-order valence-corrected chi connectivity index (χ2v) is 4.02. The highest BCUT2D eigenvalue weighted by molar-refractivity contribution is 5.76. The number of hydrogen-bond donors (Lipinski definition) is 1. The van der Waals surface area contributed by atoms with Gasteiger partial charge in [-0.05, 0) is 46.7 Å². The molecule has 1 N–H and O–H groups in total. The van der Waals surface area contributed by atoms with Crippen molar-refractivity contribution in [2.75, 3.05) is 20.2 Å². The van der Waals surface area contributed by atoms with Crippen molar-refractivity contribution in [1.82, 2.24) is 4.90 Å². The monoisotopic (exact) mass is 201 g/mol. The molecule has 0 aliphatic carbocycles. The lowest BCUT2D eigenvalue weighted by atomic mass is 10.1. The summed E-state index contributed by atoms with van der Waals surface area (Å²) in [5, 5.41) is 8.60. The number of carbonyl (C=O) groups is 1. The van der Waals surface area contributed by atoms with Gasteiger partial charge in [0, 0.05) is 19.1 Å². The first-order chi connectivity index (χ1) is 6.57. The van der Waals surface area contributed by atoms with Crippen molar-refractivity contribution in [1.29, 1.82) is 0 Å². The zero-order valence-electron chi connectivity index (χ0n) is 9.62. The highest BCUT2D eigenvalue weighted by Crippen LogP contribution is 2.04. The maximum Gasteiger partial charge on any atom is 0.131 e. The largest absolute Gasteiger partial charge is 0.396 e. The first kappa shape index (κ1) is 13.6. The highest BCUT2D eigenvalue weighted by Gasteiger charge is 2.10. The predicted octanol–water partition coefficient (Wildman–Crippen LogP) is 1.45. The molecule has 0 fully saturated rings. The first-order valence-corrected chi connectivity index (χ1v) is 5.38. The minimum absolute atomic E-state index is 0.250. The number of Topliss-reactive ketones (excluding diaryl/α,β-unsaturated/α-hetero) is 1. The van der Waals surface area contributed by atoms with Gasteiger partial charge >= 0.3 is 0 Å².